The summed E-state index contributed by atoms with van der Waals surface area (Å²) in [4.78, 5) is 28.9. The van der Waals surface area contributed by atoms with Crippen LogP contribution in [0.2, 0.25) is 0 Å². The average molecular weight is 324 g/mol. The zero-order valence-electron chi connectivity index (χ0n) is 13.4. The Hall–Kier alpha value is -2.69. The number of carboxylic acid groups (broad SMARTS) is 1. The molecule has 0 radical (unpaired) electrons. The Labute approximate surface area is 140 Å². The number of carboxylic acids is 1. The van der Waals surface area contributed by atoms with Crippen LogP contribution in [-0.4, -0.2) is 40.0 Å². The molecule has 2 heterocycles. The third-order valence-corrected chi connectivity index (χ3v) is 4.50. The third kappa shape index (κ3) is 3.79. The van der Waals surface area contributed by atoms with E-state index >= 15 is 0 Å². The van der Waals surface area contributed by atoms with E-state index in [-0.39, 0.29) is 11.6 Å². The normalized spacial score (nSPS) is 15.2. The van der Waals surface area contributed by atoms with E-state index in [1.165, 1.54) is 23.9 Å². The number of likely N-dealkylation sites (tertiary alicyclic amines) is 1. The van der Waals surface area contributed by atoms with Gasteiger partial charge in [-0.15, -0.1) is 0 Å². The summed E-state index contributed by atoms with van der Waals surface area (Å²) in [6.45, 7) is 1.47. The monoisotopic (exact) mass is 324 g/mol. The number of amides is 1. The number of rotatable bonds is 4. The molecule has 124 valence electrons. The molecule has 0 bridgehead atoms. The Morgan fingerprint density at radius 2 is 1.79 bits per heavy atom. The minimum atomic E-state index is -1.09. The lowest BCUT2D eigenvalue weighted by Crippen LogP contribution is -2.39. The predicted molar refractivity (Wildman–Crippen MR) is 90.0 cm³/mol. The van der Waals surface area contributed by atoms with Crippen LogP contribution in [-0.2, 0) is 6.42 Å². The van der Waals surface area contributed by atoms with Crippen molar-refractivity contribution in [1.82, 2.24) is 9.88 Å². The van der Waals surface area contributed by atoms with E-state index in [0.29, 0.717) is 11.5 Å². The van der Waals surface area contributed by atoms with E-state index in [0.717, 1.165) is 32.4 Å². The Kier molecular flexibility index (Phi) is 4.89. The van der Waals surface area contributed by atoms with Crippen molar-refractivity contribution in [2.24, 2.45) is 5.92 Å². The molecule has 0 atom stereocenters. The van der Waals surface area contributed by atoms with Crippen molar-refractivity contribution >= 4 is 11.9 Å². The predicted octanol–water partition coefficient (Wildman–Crippen LogP) is 2.87. The van der Waals surface area contributed by atoms with Gasteiger partial charge in [0.05, 0.1) is 5.56 Å². The van der Waals surface area contributed by atoms with Crippen LogP contribution in [0.3, 0.4) is 0 Å². The van der Waals surface area contributed by atoms with E-state index in [2.05, 4.69) is 29.2 Å². The second kappa shape index (κ2) is 7.25. The summed E-state index contributed by atoms with van der Waals surface area (Å²) < 4.78 is 0. The van der Waals surface area contributed by atoms with Gasteiger partial charge in [-0.3, -0.25) is 4.79 Å². The number of aromatic nitrogens is 1. The van der Waals surface area contributed by atoms with Crippen molar-refractivity contribution in [2.45, 2.75) is 19.3 Å². The SMILES string of the molecule is O=C(O)c1ccc(C(=O)N2CCC(Cc3ccccc3)CC2)cn1. The second-order valence-electron chi connectivity index (χ2n) is 6.16. The maximum absolute atomic E-state index is 12.5. The topological polar surface area (TPSA) is 70.5 Å². The van der Waals surface area contributed by atoms with Crippen LogP contribution in [0.4, 0.5) is 0 Å². The van der Waals surface area contributed by atoms with E-state index in [4.69, 9.17) is 5.11 Å². The van der Waals surface area contributed by atoms with Crippen LogP contribution >= 0.6 is 0 Å². The first kappa shape index (κ1) is 16.2. The summed E-state index contributed by atoms with van der Waals surface area (Å²) in [5.41, 5.74) is 1.74. The van der Waals surface area contributed by atoms with Gasteiger partial charge in [0.25, 0.3) is 5.91 Å². The van der Waals surface area contributed by atoms with Gasteiger partial charge in [0.15, 0.2) is 0 Å². The highest BCUT2D eigenvalue weighted by Gasteiger charge is 2.24. The number of pyridine rings is 1. The molecule has 1 N–H and O–H groups in total. The van der Waals surface area contributed by atoms with Gasteiger partial charge in [-0.1, -0.05) is 30.3 Å². The summed E-state index contributed by atoms with van der Waals surface area (Å²) in [6.07, 6.45) is 4.38. The lowest BCUT2D eigenvalue weighted by molar-refractivity contribution is 0.0675. The molecular formula is C19H20N2O3. The molecule has 0 saturated carbocycles. The van der Waals surface area contributed by atoms with Crippen LogP contribution in [0.15, 0.2) is 48.7 Å². The quantitative estimate of drug-likeness (QED) is 0.939. The molecule has 0 unspecified atom stereocenters. The van der Waals surface area contributed by atoms with Crippen LogP contribution in [0, 0.1) is 5.92 Å². The average Bonchev–Trinajstić information content (AvgIpc) is 2.63. The van der Waals surface area contributed by atoms with Crippen LogP contribution < -0.4 is 0 Å². The maximum atomic E-state index is 12.5. The lowest BCUT2D eigenvalue weighted by atomic mass is 9.90. The van der Waals surface area contributed by atoms with Crippen molar-refractivity contribution in [3.05, 3.63) is 65.5 Å². The molecule has 5 nitrogen and oxygen atoms in total. The Morgan fingerprint density at radius 1 is 1.08 bits per heavy atom. The number of carbonyl (C=O) groups excluding carboxylic acids is 1. The molecule has 2 aromatic rings. The fraction of sp³-hybridized carbons (Fsp3) is 0.316. The molecule has 1 amide bonds. The Bertz CT molecular complexity index is 705. The second-order valence-corrected chi connectivity index (χ2v) is 6.16. The summed E-state index contributed by atoms with van der Waals surface area (Å²) in [5, 5.41) is 8.86. The highest BCUT2D eigenvalue weighted by molar-refractivity contribution is 5.95. The summed E-state index contributed by atoms with van der Waals surface area (Å²) in [5.74, 6) is -0.558. The van der Waals surface area contributed by atoms with Gasteiger partial charge in [-0.25, -0.2) is 9.78 Å². The molecule has 1 fully saturated rings. The van der Waals surface area contributed by atoms with E-state index in [1.807, 2.05) is 11.0 Å². The number of nitrogens with zero attached hydrogens (tertiary/aromatic N) is 2. The van der Waals surface area contributed by atoms with Gasteiger partial charge in [0.2, 0.25) is 0 Å². The lowest BCUT2D eigenvalue weighted by Gasteiger charge is -2.32. The Morgan fingerprint density at radius 3 is 2.38 bits per heavy atom. The fourth-order valence-electron chi connectivity index (χ4n) is 3.12. The first-order valence-electron chi connectivity index (χ1n) is 8.16. The van der Waals surface area contributed by atoms with Gasteiger partial charge < -0.3 is 10.0 Å². The van der Waals surface area contributed by atoms with Gasteiger partial charge >= 0.3 is 5.97 Å². The molecule has 0 aliphatic carbocycles. The number of benzene rings is 1. The minimum absolute atomic E-state index is 0.0480. The first-order chi connectivity index (χ1) is 11.6. The molecule has 3 rings (SSSR count). The van der Waals surface area contributed by atoms with Crippen molar-refractivity contribution in [2.75, 3.05) is 13.1 Å². The number of aromatic carboxylic acids is 1. The molecule has 1 saturated heterocycles. The maximum Gasteiger partial charge on any atom is 0.354 e. The van der Waals surface area contributed by atoms with Crippen molar-refractivity contribution < 1.29 is 14.7 Å². The van der Waals surface area contributed by atoms with Crippen LogP contribution in [0.25, 0.3) is 0 Å². The van der Waals surface area contributed by atoms with Gasteiger partial charge in [-0.05, 0) is 42.9 Å². The summed E-state index contributed by atoms with van der Waals surface area (Å²) in [7, 11) is 0. The number of hydrogen-bond acceptors (Lipinski definition) is 3. The minimum Gasteiger partial charge on any atom is -0.477 e. The van der Waals surface area contributed by atoms with E-state index in [1.54, 1.807) is 0 Å². The highest BCUT2D eigenvalue weighted by atomic mass is 16.4. The van der Waals surface area contributed by atoms with E-state index < -0.39 is 5.97 Å². The van der Waals surface area contributed by atoms with Gasteiger partial charge in [0, 0.05) is 19.3 Å². The summed E-state index contributed by atoms with van der Waals surface area (Å²) in [6, 6.07) is 13.3. The van der Waals surface area contributed by atoms with E-state index in [9.17, 15) is 9.59 Å². The molecule has 1 aromatic heterocycles. The first-order valence-corrected chi connectivity index (χ1v) is 8.16. The van der Waals surface area contributed by atoms with Crippen LogP contribution in [0.5, 0.6) is 0 Å². The summed E-state index contributed by atoms with van der Waals surface area (Å²) >= 11 is 0. The molecule has 5 heteroatoms. The van der Waals surface area contributed by atoms with Crippen molar-refractivity contribution in [1.29, 1.82) is 0 Å². The third-order valence-electron chi connectivity index (χ3n) is 4.50. The van der Waals surface area contributed by atoms with Crippen molar-refractivity contribution in [3.63, 3.8) is 0 Å². The zero-order valence-corrected chi connectivity index (χ0v) is 13.4. The van der Waals surface area contributed by atoms with Crippen LogP contribution in [0.1, 0.15) is 39.3 Å². The standard InChI is InChI=1S/C19H20N2O3/c22-18(16-6-7-17(19(23)24)20-13-16)21-10-8-15(9-11-21)12-14-4-2-1-3-5-14/h1-7,13,15H,8-12H2,(H,23,24). The molecule has 1 aromatic carbocycles. The number of carbonyl (C=O) groups is 2. The highest BCUT2D eigenvalue weighted by Crippen LogP contribution is 2.22. The molecular weight excluding hydrogens is 304 g/mol. The smallest absolute Gasteiger partial charge is 0.354 e. The zero-order chi connectivity index (χ0) is 16.9. The van der Waals surface area contributed by atoms with Gasteiger partial charge in [0.1, 0.15) is 5.69 Å². The molecule has 24 heavy (non-hydrogen) atoms. The molecule has 1 aliphatic rings. The molecule has 0 spiro atoms. The fourth-order valence-corrected chi connectivity index (χ4v) is 3.12. The van der Waals surface area contributed by atoms with Crippen molar-refractivity contribution in [3.8, 4) is 0 Å². The Balaban J connectivity index is 1.56. The van der Waals surface area contributed by atoms with Gasteiger partial charge in [-0.2, -0.15) is 0 Å². The largest absolute Gasteiger partial charge is 0.477 e. The molecule has 1 aliphatic heterocycles. The number of hydrogen-bond donors (Lipinski definition) is 1. The number of piperidine rings is 1.